The summed E-state index contributed by atoms with van der Waals surface area (Å²) in [6.07, 6.45) is 4.00. The molecule has 0 spiro atoms. The van der Waals surface area contributed by atoms with Crippen molar-refractivity contribution in [3.63, 3.8) is 0 Å². The maximum absolute atomic E-state index is 13.1. The van der Waals surface area contributed by atoms with E-state index in [-0.39, 0.29) is 54.6 Å². The van der Waals surface area contributed by atoms with Gasteiger partial charge < -0.3 is 21.7 Å². The van der Waals surface area contributed by atoms with E-state index in [1.54, 1.807) is 0 Å². The lowest BCUT2D eigenvalue weighted by molar-refractivity contribution is 0.101. The molecule has 1 aliphatic rings. The number of rotatable bonds is 5. The standard InChI is InChI=1S/C25H31N7O.2ClH/c1-14-8-9-19-18(13-14)22(30-20-6-4-5-7-21(20)31-25(26)27)32-23(29-19)24(33)28-17-11-15(2)10-16(3)12-17;;/h8-13,20-21H,4-7H2,1-3H3,(H,28,33)(H4,26,27,31)(H,29,30,32);2*1H/t20-,21+;;/m0../s1. The summed E-state index contributed by atoms with van der Waals surface area (Å²) in [7, 11) is 0. The van der Waals surface area contributed by atoms with Crippen LogP contribution in [0.4, 0.5) is 11.5 Å². The fourth-order valence-electron chi connectivity index (χ4n) is 4.54. The summed E-state index contributed by atoms with van der Waals surface area (Å²) >= 11 is 0. The first-order valence-electron chi connectivity index (χ1n) is 11.3. The van der Waals surface area contributed by atoms with Gasteiger partial charge in [0.2, 0.25) is 5.82 Å². The molecule has 0 radical (unpaired) electrons. The summed E-state index contributed by atoms with van der Waals surface area (Å²) in [6, 6.07) is 11.9. The molecule has 1 aliphatic carbocycles. The predicted octanol–water partition coefficient (Wildman–Crippen LogP) is 4.86. The van der Waals surface area contributed by atoms with Gasteiger partial charge in [0, 0.05) is 23.2 Å². The molecular formula is C25H33Cl2N7O. The number of aryl methyl sites for hydroxylation is 3. The largest absolute Gasteiger partial charge is 0.370 e. The summed E-state index contributed by atoms with van der Waals surface area (Å²) in [5.74, 6) is 0.342. The average Bonchev–Trinajstić information content (AvgIpc) is 2.74. The van der Waals surface area contributed by atoms with Gasteiger partial charge >= 0.3 is 0 Å². The Balaban J connectivity index is 0.00000216. The van der Waals surface area contributed by atoms with Gasteiger partial charge in [0.05, 0.1) is 5.52 Å². The maximum atomic E-state index is 13.1. The van der Waals surface area contributed by atoms with Crippen LogP contribution in [0.2, 0.25) is 0 Å². The van der Waals surface area contributed by atoms with E-state index in [9.17, 15) is 4.79 Å². The molecule has 35 heavy (non-hydrogen) atoms. The monoisotopic (exact) mass is 517 g/mol. The van der Waals surface area contributed by atoms with Crippen molar-refractivity contribution in [2.45, 2.75) is 58.5 Å². The molecule has 0 bridgehead atoms. The molecule has 8 nitrogen and oxygen atoms in total. The number of benzene rings is 2. The van der Waals surface area contributed by atoms with E-state index < -0.39 is 0 Å². The zero-order valence-electron chi connectivity index (χ0n) is 20.1. The van der Waals surface area contributed by atoms with Gasteiger partial charge in [0.15, 0.2) is 5.96 Å². The lowest BCUT2D eigenvalue weighted by Crippen LogP contribution is -2.50. The molecule has 2 aromatic carbocycles. The van der Waals surface area contributed by atoms with E-state index in [0.29, 0.717) is 11.3 Å². The Kier molecular flexibility index (Phi) is 9.68. The van der Waals surface area contributed by atoms with E-state index >= 15 is 0 Å². The van der Waals surface area contributed by atoms with Crippen molar-refractivity contribution in [2.24, 2.45) is 5.73 Å². The number of anilines is 2. The molecule has 188 valence electrons. The van der Waals surface area contributed by atoms with Gasteiger partial charge in [-0.05, 0) is 69.0 Å². The first-order valence-corrected chi connectivity index (χ1v) is 11.3. The van der Waals surface area contributed by atoms with Crippen LogP contribution in [-0.4, -0.2) is 33.9 Å². The van der Waals surface area contributed by atoms with Crippen molar-refractivity contribution in [3.8, 4) is 0 Å². The molecule has 2 atom stereocenters. The van der Waals surface area contributed by atoms with Crippen molar-refractivity contribution in [1.82, 2.24) is 15.3 Å². The van der Waals surface area contributed by atoms with E-state index in [2.05, 4.69) is 32.0 Å². The number of hydrogen-bond donors (Lipinski definition) is 5. The summed E-state index contributed by atoms with van der Waals surface area (Å²) in [5, 5.41) is 18.1. The quantitative estimate of drug-likeness (QED) is 0.243. The summed E-state index contributed by atoms with van der Waals surface area (Å²) < 4.78 is 0. The van der Waals surface area contributed by atoms with E-state index in [4.69, 9.17) is 11.1 Å². The molecular weight excluding hydrogens is 485 g/mol. The SMILES string of the molecule is Cc1cc(C)cc(NC(=O)c2nc(N[C@H]3CCCC[C@H]3NC(=N)N)c3cc(C)ccc3n2)c1.Cl.Cl. The summed E-state index contributed by atoms with van der Waals surface area (Å²) in [5.41, 5.74) is 10.3. The van der Waals surface area contributed by atoms with E-state index in [1.807, 2.05) is 51.1 Å². The van der Waals surface area contributed by atoms with Crippen molar-refractivity contribution in [2.75, 3.05) is 10.6 Å². The molecule has 0 saturated heterocycles. The Hall–Kier alpha value is -3.10. The van der Waals surface area contributed by atoms with Crippen LogP contribution >= 0.6 is 24.8 Å². The second-order valence-corrected chi connectivity index (χ2v) is 8.95. The van der Waals surface area contributed by atoms with Crippen molar-refractivity contribution in [1.29, 1.82) is 5.41 Å². The van der Waals surface area contributed by atoms with E-state index in [1.165, 1.54) is 0 Å². The highest BCUT2D eigenvalue weighted by Crippen LogP contribution is 2.27. The van der Waals surface area contributed by atoms with Crippen LogP contribution in [0, 0.1) is 26.2 Å². The van der Waals surface area contributed by atoms with Gasteiger partial charge in [0.25, 0.3) is 5.91 Å². The number of carbonyl (C=O) groups excluding carboxylic acids is 1. The second kappa shape index (κ2) is 12.0. The third-order valence-electron chi connectivity index (χ3n) is 5.96. The fourth-order valence-corrected chi connectivity index (χ4v) is 4.54. The molecule has 6 N–H and O–H groups in total. The average molecular weight is 518 g/mol. The molecule has 1 fully saturated rings. The number of nitrogens with two attached hydrogens (primary N) is 1. The van der Waals surface area contributed by atoms with Crippen molar-refractivity contribution < 1.29 is 4.79 Å². The van der Waals surface area contributed by atoms with Crippen LogP contribution in [0.25, 0.3) is 10.9 Å². The second-order valence-electron chi connectivity index (χ2n) is 8.95. The lowest BCUT2D eigenvalue weighted by Gasteiger charge is -2.33. The molecule has 0 unspecified atom stereocenters. The Morgan fingerprint density at radius 3 is 2.26 bits per heavy atom. The van der Waals surface area contributed by atoms with Gasteiger partial charge in [-0.1, -0.05) is 30.5 Å². The Bertz CT molecular complexity index is 1200. The maximum Gasteiger partial charge on any atom is 0.293 e. The van der Waals surface area contributed by atoms with Crippen LogP contribution < -0.4 is 21.7 Å². The molecule has 1 saturated carbocycles. The van der Waals surface area contributed by atoms with Crippen molar-refractivity contribution >= 4 is 59.1 Å². The fraction of sp³-hybridized carbons (Fsp3) is 0.360. The topological polar surface area (TPSA) is 129 Å². The third-order valence-corrected chi connectivity index (χ3v) is 5.96. The van der Waals surface area contributed by atoms with Crippen LogP contribution in [-0.2, 0) is 0 Å². The van der Waals surface area contributed by atoms with Gasteiger partial charge in [-0.3, -0.25) is 10.2 Å². The number of nitrogens with zero attached hydrogens (tertiary/aromatic N) is 2. The highest BCUT2D eigenvalue weighted by molar-refractivity contribution is 6.04. The van der Waals surface area contributed by atoms with Crippen molar-refractivity contribution in [3.05, 3.63) is 58.9 Å². The minimum atomic E-state index is -0.354. The molecule has 0 aliphatic heterocycles. The van der Waals surface area contributed by atoms with Crippen LogP contribution in [0.5, 0.6) is 0 Å². The zero-order chi connectivity index (χ0) is 23.5. The number of nitrogens with one attached hydrogen (secondary N) is 4. The molecule has 1 amide bonds. The molecule has 3 aromatic rings. The lowest BCUT2D eigenvalue weighted by atomic mass is 9.90. The Morgan fingerprint density at radius 2 is 1.60 bits per heavy atom. The van der Waals surface area contributed by atoms with Crippen LogP contribution in [0.1, 0.15) is 53.0 Å². The molecule has 10 heteroatoms. The first kappa shape index (κ1) is 28.1. The highest BCUT2D eigenvalue weighted by Gasteiger charge is 2.27. The number of aromatic nitrogens is 2. The Labute approximate surface area is 218 Å². The number of carbonyl (C=O) groups is 1. The third kappa shape index (κ3) is 6.96. The minimum absolute atomic E-state index is 0. The van der Waals surface area contributed by atoms with Gasteiger partial charge in [0.1, 0.15) is 5.82 Å². The molecule has 4 rings (SSSR count). The van der Waals surface area contributed by atoms with Crippen LogP contribution in [0.3, 0.4) is 0 Å². The number of guanidine groups is 1. The zero-order valence-corrected chi connectivity index (χ0v) is 21.8. The predicted molar refractivity (Wildman–Crippen MR) is 147 cm³/mol. The number of amides is 1. The highest BCUT2D eigenvalue weighted by atomic mass is 35.5. The first-order chi connectivity index (χ1) is 15.8. The van der Waals surface area contributed by atoms with Gasteiger partial charge in [-0.15, -0.1) is 24.8 Å². The number of fused-ring (bicyclic) bond motifs is 1. The van der Waals surface area contributed by atoms with Gasteiger partial charge in [-0.25, -0.2) is 9.97 Å². The normalized spacial score (nSPS) is 17.0. The number of halogens is 2. The Morgan fingerprint density at radius 1 is 0.943 bits per heavy atom. The summed E-state index contributed by atoms with van der Waals surface area (Å²) in [6.45, 7) is 6.01. The molecule has 1 heterocycles. The minimum Gasteiger partial charge on any atom is -0.370 e. The van der Waals surface area contributed by atoms with E-state index in [0.717, 1.165) is 53.4 Å². The van der Waals surface area contributed by atoms with Crippen LogP contribution in [0.15, 0.2) is 36.4 Å². The number of hydrogen-bond acceptors (Lipinski definition) is 5. The van der Waals surface area contributed by atoms with Gasteiger partial charge in [-0.2, -0.15) is 0 Å². The molecule has 1 aromatic heterocycles. The smallest absolute Gasteiger partial charge is 0.293 e. The summed E-state index contributed by atoms with van der Waals surface area (Å²) in [4.78, 5) is 22.3.